The second-order valence-electron chi connectivity index (χ2n) is 5.41. The second-order valence-corrected chi connectivity index (χ2v) is 6.58. The van der Waals surface area contributed by atoms with Crippen LogP contribution in [0.4, 0.5) is 0 Å². The van der Waals surface area contributed by atoms with Crippen molar-refractivity contribution < 1.29 is 24.9 Å². The molecule has 1 aliphatic heterocycles. The molecule has 5 N–H and O–H groups in total. The Morgan fingerprint density at radius 1 is 1.21 bits per heavy atom. The van der Waals surface area contributed by atoms with Gasteiger partial charge in [0.2, 0.25) is 0 Å². The Bertz CT molecular complexity index is 825. The maximum atomic E-state index is 11.8. The summed E-state index contributed by atoms with van der Waals surface area (Å²) in [5.74, 6) is -0.797. The van der Waals surface area contributed by atoms with Crippen LogP contribution >= 0.6 is 34.8 Å². The average Bonchev–Trinajstić information content (AvgIpc) is 2.94. The minimum atomic E-state index is -1.38. The van der Waals surface area contributed by atoms with Crippen LogP contribution < -0.4 is 5.73 Å². The lowest BCUT2D eigenvalue weighted by atomic mass is 10.1. The summed E-state index contributed by atoms with van der Waals surface area (Å²) < 4.78 is 6.77. The maximum Gasteiger partial charge on any atom is 0.252 e. The van der Waals surface area contributed by atoms with Gasteiger partial charge in [-0.2, -0.15) is 0 Å². The lowest BCUT2D eigenvalue weighted by Gasteiger charge is -2.19. The van der Waals surface area contributed by atoms with Gasteiger partial charge in [-0.1, -0.05) is 34.8 Å². The zero-order valence-electron chi connectivity index (χ0n) is 12.0. The van der Waals surface area contributed by atoms with E-state index in [1.165, 1.54) is 16.7 Å². The molecule has 0 spiro atoms. The molecule has 0 saturated carbocycles. The lowest BCUT2D eigenvalue weighted by Crippen LogP contribution is -2.33. The largest absolute Gasteiger partial charge is 0.394 e. The van der Waals surface area contributed by atoms with E-state index in [0.29, 0.717) is 10.9 Å². The molecular weight excluding hydrogens is 383 g/mol. The number of hydrogen-bond donors (Lipinski definition) is 4. The van der Waals surface area contributed by atoms with E-state index in [1.54, 1.807) is 0 Å². The number of primary amides is 1. The summed E-state index contributed by atoms with van der Waals surface area (Å²) in [5, 5.41) is 30.0. The van der Waals surface area contributed by atoms with Crippen LogP contribution in [0.2, 0.25) is 15.2 Å². The zero-order valence-corrected chi connectivity index (χ0v) is 14.3. The predicted octanol–water partition coefficient (Wildman–Crippen LogP) is 1.31. The fourth-order valence-electron chi connectivity index (χ4n) is 2.85. The van der Waals surface area contributed by atoms with Gasteiger partial charge in [-0.3, -0.25) is 4.79 Å². The van der Waals surface area contributed by atoms with E-state index in [4.69, 9.17) is 45.3 Å². The van der Waals surface area contributed by atoms with E-state index >= 15 is 0 Å². The summed E-state index contributed by atoms with van der Waals surface area (Å²) in [4.78, 5) is 11.8. The van der Waals surface area contributed by atoms with Crippen LogP contribution in [-0.4, -0.2) is 50.7 Å². The van der Waals surface area contributed by atoms with Gasteiger partial charge in [0.25, 0.3) is 5.91 Å². The van der Waals surface area contributed by atoms with Crippen LogP contribution in [0.5, 0.6) is 0 Å². The molecule has 3 rings (SSSR count). The molecule has 10 heteroatoms. The molecule has 1 aromatic heterocycles. The Labute approximate surface area is 151 Å². The van der Waals surface area contributed by atoms with Crippen molar-refractivity contribution in [2.45, 2.75) is 24.5 Å². The first-order valence-electron chi connectivity index (χ1n) is 6.88. The van der Waals surface area contributed by atoms with Crippen molar-refractivity contribution >= 4 is 51.6 Å². The Morgan fingerprint density at radius 2 is 1.83 bits per heavy atom. The van der Waals surface area contributed by atoms with Crippen molar-refractivity contribution in [1.82, 2.24) is 4.57 Å². The van der Waals surface area contributed by atoms with E-state index in [-0.39, 0.29) is 20.8 Å². The minimum Gasteiger partial charge on any atom is -0.394 e. The Morgan fingerprint density at radius 3 is 2.38 bits per heavy atom. The molecule has 0 bridgehead atoms. The number of aliphatic hydroxyl groups excluding tert-OH is 3. The van der Waals surface area contributed by atoms with Crippen molar-refractivity contribution in [3.63, 3.8) is 0 Å². The van der Waals surface area contributed by atoms with E-state index in [0.717, 1.165) is 0 Å². The van der Waals surface area contributed by atoms with Crippen molar-refractivity contribution in [3.05, 3.63) is 32.9 Å². The topological polar surface area (TPSA) is 118 Å². The van der Waals surface area contributed by atoms with Crippen LogP contribution in [0.1, 0.15) is 16.6 Å². The third-order valence-electron chi connectivity index (χ3n) is 4.00. The van der Waals surface area contributed by atoms with Gasteiger partial charge in [-0.05, 0) is 12.1 Å². The number of fused-ring (bicyclic) bond motifs is 1. The van der Waals surface area contributed by atoms with E-state index in [2.05, 4.69) is 0 Å². The van der Waals surface area contributed by atoms with Crippen molar-refractivity contribution in [2.24, 2.45) is 5.73 Å². The van der Waals surface area contributed by atoms with Gasteiger partial charge in [0.05, 0.1) is 27.7 Å². The number of aliphatic hydroxyl groups is 3. The number of halogens is 3. The van der Waals surface area contributed by atoms with E-state index < -0.39 is 37.1 Å². The number of carbonyl (C=O) groups is 1. The quantitative estimate of drug-likeness (QED) is 0.625. The van der Waals surface area contributed by atoms with Gasteiger partial charge in [0, 0.05) is 5.39 Å². The van der Waals surface area contributed by atoms with Gasteiger partial charge in [0.15, 0.2) is 6.23 Å². The molecule has 1 aromatic carbocycles. The monoisotopic (exact) mass is 394 g/mol. The standard InChI is InChI=1S/C14H13Cl3N2O5/c15-5-1-4-7(2-6(5)16)19(12(17)9(4)13(18)23)14-11(22)10(21)8(3-20)24-14/h1-2,8,10-11,14,20-22H,3H2,(H2,18,23)/t8-,10-,11-,14?/m1/s1. The summed E-state index contributed by atoms with van der Waals surface area (Å²) in [7, 11) is 0. The Balaban J connectivity index is 2.27. The van der Waals surface area contributed by atoms with Crippen LogP contribution in [0.15, 0.2) is 12.1 Å². The van der Waals surface area contributed by atoms with Gasteiger partial charge < -0.3 is 30.4 Å². The highest BCUT2D eigenvalue weighted by atomic mass is 35.5. The van der Waals surface area contributed by atoms with Crippen LogP contribution in [0.3, 0.4) is 0 Å². The highest BCUT2D eigenvalue weighted by molar-refractivity contribution is 6.43. The summed E-state index contributed by atoms with van der Waals surface area (Å²) >= 11 is 18.3. The first-order valence-corrected chi connectivity index (χ1v) is 8.02. The van der Waals surface area contributed by atoms with Crippen LogP contribution in [0.25, 0.3) is 10.9 Å². The molecule has 0 aliphatic carbocycles. The van der Waals surface area contributed by atoms with Gasteiger partial charge in [-0.25, -0.2) is 0 Å². The number of ether oxygens (including phenoxy) is 1. The highest BCUT2D eigenvalue weighted by Gasteiger charge is 2.45. The first-order chi connectivity index (χ1) is 11.3. The summed E-state index contributed by atoms with van der Waals surface area (Å²) in [6.45, 7) is -0.499. The second kappa shape index (κ2) is 6.34. The molecule has 1 amide bonds. The van der Waals surface area contributed by atoms with Gasteiger partial charge >= 0.3 is 0 Å². The molecule has 1 unspecified atom stereocenters. The Hall–Kier alpha value is -1.06. The summed E-state index contributed by atoms with van der Waals surface area (Å²) in [6, 6.07) is 2.88. The van der Waals surface area contributed by atoms with Gasteiger partial charge in [0.1, 0.15) is 23.5 Å². The third kappa shape index (κ3) is 2.57. The number of hydrogen-bond acceptors (Lipinski definition) is 5. The predicted molar refractivity (Wildman–Crippen MR) is 88.5 cm³/mol. The molecule has 1 aliphatic rings. The van der Waals surface area contributed by atoms with Crippen LogP contribution in [0, 0.1) is 0 Å². The number of amides is 1. The number of nitrogens with two attached hydrogens (primary N) is 1. The third-order valence-corrected chi connectivity index (χ3v) is 5.10. The molecule has 24 heavy (non-hydrogen) atoms. The van der Waals surface area contributed by atoms with Crippen molar-refractivity contribution in [1.29, 1.82) is 0 Å². The molecule has 2 aromatic rings. The van der Waals surface area contributed by atoms with E-state index in [1.807, 2.05) is 0 Å². The van der Waals surface area contributed by atoms with Crippen molar-refractivity contribution in [3.8, 4) is 0 Å². The number of benzene rings is 1. The number of rotatable bonds is 3. The number of carbonyl (C=O) groups excluding carboxylic acids is 1. The minimum absolute atomic E-state index is 0.0111. The number of nitrogens with zero attached hydrogens (tertiary/aromatic N) is 1. The first kappa shape index (κ1) is 17.8. The molecule has 4 atom stereocenters. The molecule has 130 valence electrons. The van der Waals surface area contributed by atoms with E-state index in [9.17, 15) is 20.1 Å². The molecule has 1 saturated heterocycles. The van der Waals surface area contributed by atoms with Gasteiger partial charge in [-0.15, -0.1) is 0 Å². The fraction of sp³-hybridized carbons (Fsp3) is 0.357. The molecule has 0 radical (unpaired) electrons. The molecule has 1 fully saturated rings. The molecule has 7 nitrogen and oxygen atoms in total. The van der Waals surface area contributed by atoms with Crippen molar-refractivity contribution in [2.75, 3.05) is 6.61 Å². The highest BCUT2D eigenvalue weighted by Crippen LogP contribution is 2.41. The maximum absolute atomic E-state index is 11.8. The summed E-state index contributed by atoms with van der Waals surface area (Å²) in [6.07, 6.45) is -4.85. The molecular formula is C14H13Cl3N2O5. The Kier molecular flexibility index (Phi) is 4.69. The normalized spacial score (nSPS) is 27.1. The SMILES string of the molecule is NC(=O)c1c(Cl)n(C2O[C@H](CO)[C@@H](O)[C@H]2O)c2cc(Cl)c(Cl)cc12. The lowest BCUT2D eigenvalue weighted by molar-refractivity contribution is -0.0505. The zero-order chi connectivity index (χ0) is 17.8. The smallest absolute Gasteiger partial charge is 0.252 e. The molecule has 2 heterocycles. The number of aromatic nitrogens is 1. The summed E-state index contributed by atoms with van der Waals surface area (Å²) in [5.41, 5.74) is 5.73. The van der Waals surface area contributed by atoms with Crippen LogP contribution in [-0.2, 0) is 4.74 Å². The average molecular weight is 396 g/mol. The fourth-order valence-corrected chi connectivity index (χ4v) is 3.55.